The molecule has 1 atom stereocenters. The Morgan fingerprint density at radius 2 is 1.90 bits per heavy atom. The standard InChI is InChI=1S/C15H19N3O3/c1-10(2)7-13(14(19)20)18-15(21)17-9-12-5-3-11(8-16)4-6-12/h3-6,10,13H,7,9H2,1-2H3,(H,19,20)(H2,17,18,21)/t13-/m1/s1. The van der Waals surface area contributed by atoms with Crippen LogP contribution in [0.4, 0.5) is 4.79 Å². The van der Waals surface area contributed by atoms with E-state index in [1.807, 2.05) is 19.9 Å². The predicted molar refractivity (Wildman–Crippen MR) is 77.4 cm³/mol. The van der Waals surface area contributed by atoms with Crippen LogP contribution in [-0.4, -0.2) is 23.1 Å². The number of aliphatic carboxylic acids is 1. The molecule has 1 aromatic carbocycles. The first kappa shape index (κ1) is 16.5. The van der Waals surface area contributed by atoms with E-state index in [1.54, 1.807) is 24.3 Å². The quantitative estimate of drug-likeness (QED) is 0.743. The highest BCUT2D eigenvalue weighted by atomic mass is 16.4. The van der Waals surface area contributed by atoms with Crippen molar-refractivity contribution >= 4 is 12.0 Å². The fourth-order valence-electron chi connectivity index (χ4n) is 1.78. The summed E-state index contributed by atoms with van der Waals surface area (Å²) in [6, 6.07) is 7.39. The van der Waals surface area contributed by atoms with Gasteiger partial charge in [0.25, 0.3) is 0 Å². The van der Waals surface area contributed by atoms with E-state index in [2.05, 4.69) is 10.6 Å². The number of urea groups is 1. The van der Waals surface area contributed by atoms with Gasteiger partial charge >= 0.3 is 12.0 Å². The lowest BCUT2D eigenvalue weighted by molar-refractivity contribution is -0.139. The van der Waals surface area contributed by atoms with Crippen molar-refractivity contribution in [1.29, 1.82) is 5.26 Å². The lowest BCUT2D eigenvalue weighted by atomic mass is 10.0. The molecule has 0 fully saturated rings. The fourth-order valence-corrected chi connectivity index (χ4v) is 1.78. The summed E-state index contributed by atoms with van der Waals surface area (Å²) in [5, 5.41) is 22.8. The average molecular weight is 289 g/mol. The van der Waals surface area contributed by atoms with Crippen LogP contribution in [0.25, 0.3) is 0 Å². The lowest BCUT2D eigenvalue weighted by Crippen LogP contribution is -2.46. The summed E-state index contributed by atoms with van der Waals surface area (Å²) < 4.78 is 0. The number of nitrogens with zero attached hydrogens (tertiary/aromatic N) is 1. The molecular formula is C15H19N3O3. The summed E-state index contributed by atoms with van der Waals surface area (Å²) in [6.45, 7) is 4.06. The van der Waals surface area contributed by atoms with Crippen LogP contribution in [0.5, 0.6) is 0 Å². The summed E-state index contributed by atoms with van der Waals surface area (Å²) in [6.07, 6.45) is 0.375. The molecule has 6 heteroatoms. The molecule has 0 aliphatic carbocycles. The molecule has 0 heterocycles. The van der Waals surface area contributed by atoms with Crippen molar-refractivity contribution in [2.75, 3.05) is 0 Å². The third-order valence-corrected chi connectivity index (χ3v) is 2.85. The van der Waals surface area contributed by atoms with Crippen LogP contribution in [0.15, 0.2) is 24.3 Å². The van der Waals surface area contributed by atoms with Gasteiger partial charge in [-0.25, -0.2) is 9.59 Å². The van der Waals surface area contributed by atoms with Gasteiger partial charge < -0.3 is 15.7 Å². The number of carbonyl (C=O) groups excluding carboxylic acids is 1. The maximum absolute atomic E-state index is 11.7. The first-order valence-corrected chi connectivity index (χ1v) is 6.68. The summed E-state index contributed by atoms with van der Waals surface area (Å²) in [5.41, 5.74) is 1.38. The Kier molecular flexibility index (Phi) is 6.21. The third kappa shape index (κ3) is 5.95. The minimum atomic E-state index is -1.04. The van der Waals surface area contributed by atoms with Crippen molar-refractivity contribution in [1.82, 2.24) is 10.6 Å². The topological polar surface area (TPSA) is 102 Å². The zero-order valence-electron chi connectivity index (χ0n) is 12.1. The smallest absolute Gasteiger partial charge is 0.326 e. The summed E-state index contributed by atoms with van der Waals surface area (Å²) in [4.78, 5) is 22.7. The number of benzene rings is 1. The van der Waals surface area contributed by atoms with Crippen LogP contribution in [0.1, 0.15) is 31.4 Å². The molecule has 0 aliphatic rings. The summed E-state index contributed by atoms with van der Waals surface area (Å²) in [7, 11) is 0. The Labute approximate surface area is 123 Å². The van der Waals surface area contributed by atoms with Crippen molar-refractivity contribution in [2.24, 2.45) is 5.92 Å². The molecule has 21 heavy (non-hydrogen) atoms. The second-order valence-electron chi connectivity index (χ2n) is 5.16. The predicted octanol–water partition coefficient (Wildman–Crippen LogP) is 1.86. The normalized spacial score (nSPS) is 11.5. The van der Waals surface area contributed by atoms with Gasteiger partial charge in [-0.05, 0) is 30.0 Å². The maximum atomic E-state index is 11.7. The number of amides is 2. The highest BCUT2D eigenvalue weighted by Gasteiger charge is 2.20. The number of nitriles is 1. The summed E-state index contributed by atoms with van der Waals surface area (Å²) in [5.74, 6) is -0.873. The Morgan fingerprint density at radius 3 is 2.38 bits per heavy atom. The number of carbonyl (C=O) groups is 2. The molecular weight excluding hydrogens is 270 g/mol. The molecule has 1 rings (SSSR count). The van der Waals surface area contributed by atoms with Crippen LogP contribution in [-0.2, 0) is 11.3 Å². The van der Waals surface area contributed by atoms with Crippen molar-refractivity contribution in [3.63, 3.8) is 0 Å². The molecule has 0 bridgehead atoms. The van der Waals surface area contributed by atoms with Gasteiger partial charge in [0.15, 0.2) is 0 Å². The molecule has 0 aromatic heterocycles. The van der Waals surface area contributed by atoms with E-state index in [9.17, 15) is 9.59 Å². The molecule has 3 N–H and O–H groups in total. The largest absolute Gasteiger partial charge is 0.480 e. The Balaban J connectivity index is 2.48. The molecule has 0 spiro atoms. The SMILES string of the molecule is CC(C)C[C@@H](NC(=O)NCc1ccc(C#N)cc1)C(=O)O. The molecule has 0 aliphatic heterocycles. The highest BCUT2D eigenvalue weighted by Crippen LogP contribution is 2.05. The molecule has 112 valence electrons. The van der Waals surface area contributed by atoms with E-state index >= 15 is 0 Å². The number of hydrogen-bond acceptors (Lipinski definition) is 3. The molecule has 1 aromatic rings. The number of nitrogens with one attached hydrogen (secondary N) is 2. The Morgan fingerprint density at radius 1 is 1.29 bits per heavy atom. The van der Waals surface area contributed by atoms with Gasteiger partial charge in [-0.3, -0.25) is 0 Å². The molecule has 0 radical (unpaired) electrons. The van der Waals surface area contributed by atoms with Crippen molar-refractivity contribution in [3.8, 4) is 6.07 Å². The zero-order chi connectivity index (χ0) is 15.8. The maximum Gasteiger partial charge on any atom is 0.326 e. The van der Waals surface area contributed by atoms with Crippen LogP contribution in [0.2, 0.25) is 0 Å². The van der Waals surface area contributed by atoms with Gasteiger partial charge in [-0.1, -0.05) is 26.0 Å². The van der Waals surface area contributed by atoms with Crippen LogP contribution in [0.3, 0.4) is 0 Å². The fraction of sp³-hybridized carbons (Fsp3) is 0.400. The van der Waals surface area contributed by atoms with Crippen LogP contribution >= 0.6 is 0 Å². The number of hydrogen-bond donors (Lipinski definition) is 3. The van der Waals surface area contributed by atoms with E-state index in [-0.39, 0.29) is 12.5 Å². The van der Waals surface area contributed by atoms with Gasteiger partial charge in [0, 0.05) is 6.54 Å². The second kappa shape index (κ2) is 7.90. The monoisotopic (exact) mass is 289 g/mol. The molecule has 0 saturated carbocycles. The number of carboxylic acid groups (broad SMARTS) is 1. The zero-order valence-corrected chi connectivity index (χ0v) is 12.1. The molecule has 0 saturated heterocycles. The van der Waals surface area contributed by atoms with Crippen molar-refractivity contribution in [3.05, 3.63) is 35.4 Å². The molecule has 2 amide bonds. The van der Waals surface area contributed by atoms with Crippen molar-refractivity contribution < 1.29 is 14.7 Å². The Hall–Kier alpha value is -2.55. The number of rotatable bonds is 6. The van der Waals surface area contributed by atoms with Gasteiger partial charge in [-0.15, -0.1) is 0 Å². The van der Waals surface area contributed by atoms with Crippen LogP contribution in [0, 0.1) is 17.2 Å². The minimum Gasteiger partial charge on any atom is -0.480 e. The van der Waals surface area contributed by atoms with E-state index in [0.29, 0.717) is 12.0 Å². The third-order valence-electron chi connectivity index (χ3n) is 2.85. The van der Waals surface area contributed by atoms with Gasteiger partial charge in [0.2, 0.25) is 0 Å². The second-order valence-corrected chi connectivity index (χ2v) is 5.16. The van der Waals surface area contributed by atoms with Gasteiger partial charge in [0.05, 0.1) is 11.6 Å². The first-order valence-electron chi connectivity index (χ1n) is 6.68. The van der Waals surface area contributed by atoms with Crippen LogP contribution < -0.4 is 10.6 Å². The van der Waals surface area contributed by atoms with Gasteiger partial charge in [-0.2, -0.15) is 5.26 Å². The van der Waals surface area contributed by atoms with E-state index in [1.165, 1.54) is 0 Å². The highest BCUT2D eigenvalue weighted by molar-refractivity contribution is 5.82. The lowest BCUT2D eigenvalue weighted by Gasteiger charge is -2.16. The van der Waals surface area contributed by atoms with E-state index in [4.69, 9.17) is 10.4 Å². The number of carboxylic acids is 1. The van der Waals surface area contributed by atoms with E-state index in [0.717, 1.165) is 5.56 Å². The van der Waals surface area contributed by atoms with E-state index < -0.39 is 18.0 Å². The minimum absolute atomic E-state index is 0.171. The average Bonchev–Trinajstić information content (AvgIpc) is 2.44. The first-order chi connectivity index (χ1) is 9.92. The summed E-state index contributed by atoms with van der Waals surface area (Å²) >= 11 is 0. The molecule has 6 nitrogen and oxygen atoms in total. The Bertz CT molecular complexity index is 532. The van der Waals surface area contributed by atoms with Gasteiger partial charge in [0.1, 0.15) is 6.04 Å². The van der Waals surface area contributed by atoms with Crippen molar-refractivity contribution in [2.45, 2.75) is 32.9 Å². The molecule has 0 unspecified atom stereocenters.